The van der Waals surface area contributed by atoms with Crippen LogP contribution in [0.2, 0.25) is 0 Å². The molecule has 0 radical (unpaired) electrons. The number of amides is 3. The van der Waals surface area contributed by atoms with Crippen LogP contribution in [0.1, 0.15) is 44.2 Å². The largest absolute Gasteiger partial charge is 0.451 e. The van der Waals surface area contributed by atoms with Crippen molar-refractivity contribution in [2.75, 3.05) is 5.32 Å². The zero-order chi connectivity index (χ0) is 22.1. The summed E-state index contributed by atoms with van der Waals surface area (Å²) in [5.41, 5.74) is 7.73. The van der Waals surface area contributed by atoms with Gasteiger partial charge in [-0.25, -0.2) is 9.59 Å². The molecular formula is C23H29N3O4. The number of hydrogen-bond acceptors (Lipinski definition) is 4. The van der Waals surface area contributed by atoms with Crippen LogP contribution in [0.15, 0.2) is 54.6 Å². The topological polar surface area (TPSA) is 111 Å². The van der Waals surface area contributed by atoms with Gasteiger partial charge in [-0.1, -0.05) is 62.4 Å². The van der Waals surface area contributed by atoms with E-state index in [0.29, 0.717) is 5.69 Å². The number of urea groups is 1. The zero-order valence-electron chi connectivity index (χ0n) is 17.6. The molecule has 3 atom stereocenters. The highest BCUT2D eigenvalue weighted by Gasteiger charge is 2.26. The van der Waals surface area contributed by atoms with Crippen LogP contribution in [-0.2, 0) is 20.7 Å². The Bertz CT molecular complexity index is 870. The van der Waals surface area contributed by atoms with Gasteiger partial charge in [0.15, 0.2) is 6.10 Å². The van der Waals surface area contributed by atoms with Crippen LogP contribution in [0.25, 0.3) is 0 Å². The monoisotopic (exact) mass is 411 g/mol. The summed E-state index contributed by atoms with van der Waals surface area (Å²) in [6.45, 7) is 5.65. The normalized spacial score (nSPS) is 13.6. The van der Waals surface area contributed by atoms with E-state index in [9.17, 15) is 14.4 Å². The fourth-order valence-corrected chi connectivity index (χ4v) is 3.02. The minimum absolute atomic E-state index is 0.202. The van der Waals surface area contributed by atoms with Crippen molar-refractivity contribution < 1.29 is 19.1 Å². The van der Waals surface area contributed by atoms with Crippen LogP contribution in [0.4, 0.5) is 10.5 Å². The Balaban J connectivity index is 2.05. The van der Waals surface area contributed by atoms with E-state index in [-0.39, 0.29) is 12.3 Å². The Hall–Kier alpha value is -3.35. The number of carbonyl (C=O) groups is 3. The number of esters is 1. The van der Waals surface area contributed by atoms with Gasteiger partial charge in [0.25, 0.3) is 5.91 Å². The van der Waals surface area contributed by atoms with E-state index >= 15 is 0 Å². The third-order valence-corrected chi connectivity index (χ3v) is 4.91. The van der Waals surface area contributed by atoms with Crippen LogP contribution in [0, 0.1) is 0 Å². The predicted octanol–water partition coefficient (Wildman–Crippen LogP) is 3.35. The molecule has 0 unspecified atom stereocenters. The third-order valence-electron chi connectivity index (χ3n) is 4.91. The van der Waals surface area contributed by atoms with Crippen molar-refractivity contribution in [3.05, 3.63) is 65.7 Å². The van der Waals surface area contributed by atoms with Crippen molar-refractivity contribution in [1.82, 2.24) is 5.32 Å². The van der Waals surface area contributed by atoms with Gasteiger partial charge in [0.2, 0.25) is 0 Å². The maximum Gasteiger partial charge on any atom is 0.329 e. The first-order chi connectivity index (χ1) is 14.3. The molecule has 0 aromatic heterocycles. The predicted molar refractivity (Wildman–Crippen MR) is 116 cm³/mol. The lowest BCUT2D eigenvalue weighted by Crippen LogP contribution is -2.47. The molecule has 0 aliphatic carbocycles. The van der Waals surface area contributed by atoms with Gasteiger partial charge in [-0.2, -0.15) is 0 Å². The van der Waals surface area contributed by atoms with Gasteiger partial charge in [-0.15, -0.1) is 0 Å². The highest BCUT2D eigenvalue weighted by molar-refractivity contribution is 5.96. The van der Waals surface area contributed by atoms with Crippen molar-refractivity contribution in [3.63, 3.8) is 0 Å². The quantitative estimate of drug-likeness (QED) is 0.550. The second kappa shape index (κ2) is 11.0. The maximum absolute atomic E-state index is 12.6. The molecule has 2 aromatic carbocycles. The molecule has 0 bridgehead atoms. The Morgan fingerprint density at radius 1 is 1.00 bits per heavy atom. The van der Waals surface area contributed by atoms with Gasteiger partial charge in [0, 0.05) is 12.1 Å². The summed E-state index contributed by atoms with van der Waals surface area (Å²) in [5, 5.41) is 5.22. The first-order valence-corrected chi connectivity index (χ1v) is 10.0. The minimum atomic E-state index is -1.05. The molecule has 7 nitrogen and oxygen atoms in total. The average molecular weight is 412 g/mol. The van der Waals surface area contributed by atoms with Gasteiger partial charge < -0.3 is 21.1 Å². The number of carbonyl (C=O) groups excluding carboxylic acids is 3. The molecule has 30 heavy (non-hydrogen) atoms. The molecule has 4 N–H and O–H groups in total. The highest BCUT2D eigenvalue weighted by atomic mass is 16.5. The maximum atomic E-state index is 12.6. The van der Waals surface area contributed by atoms with E-state index in [1.165, 1.54) is 6.92 Å². The molecule has 0 saturated carbocycles. The van der Waals surface area contributed by atoms with Gasteiger partial charge in [-0.3, -0.25) is 4.79 Å². The number of benzene rings is 2. The van der Waals surface area contributed by atoms with E-state index < -0.39 is 30.1 Å². The molecule has 0 spiro atoms. The first-order valence-electron chi connectivity index (χ1n) is 10.0. The second-order valence-electron chi connectivity index (χ2n) is 7.22. The summed E-state index contributed by atoms with van der Waals surface area (Å²) in [6, 6.07) is 14.9. The molecule has 0 aliphatic heterocycles. The summed E-state index contributed by atoms with van der Waals surface area (Å²) in [7, 11) is 0. The van der Waals surface area contributed by atoms with Crippen molar-refractivity contribution in [2.45, 2.75) is 51.7 Å². The molecule has 3 amide bonds. The van der Waals surface area contributed by atoms with Crippen molar-refractivity contribution in [2.24, 2.45) is 5.73 Å². The molecule has 0 fully saturated rings. The molecule has 2 rings (SSSR count). The third kappa shape index (κ3) is 6.62. The van der Waals surface area contributed by atoms with E-state index in [2.05, 4.69) is 24.5 Å². The lowest BCUT2D eigenvalue weighted by atomic mass is 9.97. The number of primary amides is 1. The van der Waals surface area contributed by atoms with E-state index in [1.54, 1.807) is 0 Å². The molecule has 160 valence electrons. The Morgan fingerprint density at radius 3 is 2.27 bits per heavy atom. The van der Waals surface area contributed by atoms with Crippen molar-refractivity contribution in [1.29, 1.82) is 0 Å². The first kappa shape index (κ1) is 22.9. The summed E-state index contributed by atoms with van der Waals surface area (Å²) in [6.07, 6.45) is 0.0842. The van der Waals surface area contributed by atoms with Gasteiger partial charge in [-0.05, 0) is 36.5 Å². The lowest BCUT2D eigenvalue weighted by molar-refractivity contribution is -0.155. The van der Waals surface area contributed by atoms with Crippen molar-refractivity contribution >= 4 is 23.6 Å². The molecule has 0 heterocycles. The Morgan fingerprint density at radius 2 is 1.63 bits per heavy atom. The highest BCUT2D eigenvalue weighted by Crippen LogP contribution is 2.26. The number of anilines is 1. The molecular weight excluding hydrogens is 382 g/mol. The standard InChI is InChI=1S/C23H29N3O4/c1-4-15(2)18-12-8-9-13-19(18)25-21(27)16(3)30-22(28)20(26-23(24)29)14-17-10-6-5-7-11-17/h5-13,15-16,20H,4,14H2,1-3H3,(H,25,27)(H3,24,26,29)/t15-,16-,20-/m0/s1. The Labute approximate surface area is 177 Å². The van der Waals surface area contributed by atoms with Crippen LogP contribution >= 0.6 is 0 Å². The average Bonchev–Trinajstić information content (AvgIpc) is 2.73. The summed E-state index contributed by atoms with van der Waals surface area (Å²) in [5.74, 6) is -0.901. The van der Waals surface area contributed by atoms with E-state index in [1.807, 2.05) is 54.6 Å². The summed E-state index contributed by atoms with van der Waals surface area (Å²) in [4.78, 5) is 36.5. The number of hydrogen-bond donors (Lipinski definition) is 3. The Kier molecular flexibility index (Phi) is 8.41. The van der Waals surface area contributed by atoms with Crippen LogP contribution in [0.3, 0.4) is 0 Å². The summed E-state index contributed by atoms with van der Waals surface area (Å²) >= 11 is 0. The van der Waals surface area contributed by atoms with Gasteiger partial charge in [0.05, 0.1) is 0 Å². The smallest absolute Gasteiger partial charge is 0.329 e. The zero-order valence-corrected chi connectivity index (χ0v) is 17.6. The fraction of sp³-hybridized carbons (Fsp3) is 0.348. The molecule has 7 heteroatoms. The van der Waals surface area contributed by atoms with E-state index in [4.69, 9.17) is 10.5 Å². The van der Waals surface area contributed by atoms with Gasteiger partial charge in [0.1, 0.15) is 6.04 Å². The number of ether oxygens (including phenoxy) is 1. The second-order valence-corrected chi connectivity index (χ2v) is 7.22. The molecule has 0 aliphatic rings. The SMILES string of the molecule is CC[C@H](C)c1ccccc1NC(=O)[C@H](C)OC(=O)[C@H](Cc1ccccc1)NC(N)=O. The van der Waals surface area contributed by atoms with Crippen LogP contribution in [-0.4, -0.2) is 30.1 Å². The number of nitrogens with two attached hydrogens (primary N) is 1. The molecule has 2 aromatic rings. The van der Waals surface area contributed by atoms with Crippen molar-refractivity contribution in [3.8, 4) is 0 Å². The van der Waals surface area contributed by atoms with E-state index in [0.717, 1.165) is 17.5 Å². The minimum Gasteiger partial charge on any atom is -0.451 e. The van der Waals surface area contributed by atoms with Gasteiger partial charge >= 0.3 is 12.0 Å². The summed E-state index contributed by atoms with van der Waals surface area (Å²) < 4.78 is 5.33. The van der Waals surface area contributed by atoms with Crippen LogP contribution < -0.4 is 16.4 Å². The fourth-order valence-electron chi connectivity index (χ4n) is 3.02. The number of para-hydroxylation sites is 1. The van der Waals surface area contributed by atoms with Crippen LogP contribution in [0.5, 0.6) is 0 Å². The lowest BCUT2D eigenvalue weighted by Gasteiger charge is -2.21. The molecule has 0 saturated heterocycles. The number of nitrogens with one attached hydrogen (secondary N) is 2. The number of rotatable bonds is 9.